The molecule has 2 aromatic rings. The van der Waals surface area contributed by atoms with Crippen LogP contribution in [0.5, 0.6) is 0 Å². The predicted octanol–water partition coefficient (Wildman–Crippen LogP) is 5.31. The zero-order chi connectivity index (χ0) is 15.0. The van der Waals surface area contributed by atoms with Crippen LogP contribution in [0.4, 0.5) is 5.69 Å². The molecular weight excluding hydrogens is 280 g/mol. The number of fused-ring (bicyclic) bond motifs is 1. The van der Waals surface area contributed by atoms with E-state index in [1.54, 1.807) is 0 Å². The maximum atomic E-state index is 6.69. The third kappa shape index (κ3) is 2.74. The largest absolute Gasteiger partial charge is 0.372 e. The molecule has 1 fully saturated rings. The summed E-state index contributed by atoms with van der Waals surface area (Å²) in [5.41, 5.74) is 4.51. The van der Waals surface area contributed by atoms with Crippen molar-refractivity contribution in [3.05, 3.63) is 34.5 Å². The number of halogens is 1. The van der Waals surface area contributed by atoms with Crippen molar-refractivity contribution < 1.29 is 0 Å². The number of piperidine rings is 1. The number of hydrogen-bond acceptors (Lipinski definition) is 2. The third-order valence-electron chi connectivity index (χ3n) is 4.43. The third-order valence-corrected chi connectivity index (χ3v) is 4.84. The minimum atomic E-state index is 0.396. The SMILES string of the molecule is Cc1nc2ccc(N3CCCCC3)cc2c(Cl)c1C(C)C. The number of rotatable bonds is 2. The first-order valence-electron chi connectivity index (χ1n) is 7.92. The fraction of sp³-hybridized carbons (Fsp3) is 0.500. The molecule has 1 aliphatic heterocycles. The molecule has 0 bridgehead atoms. The highest BCUT2D eigenvalue weighted by Gasteiger charge is 2.16. The van der Waals surface area contributed by atoms with Crippen molar-refractivity contribution in [2.75, 3.05) is 18.0 Å². The fourth-order valence-corrected chi connectivity index (χ4v) is 3.87. The van der Waals surface area contributed by atoms with Crippen LogP contribution in [-0.4, -0.2) is 18.1 Å². The van der Waals surface area contributed by atoms with Gasteiger partial charge in [0.05, 0.1) is 10.5 Å². The molecule has 0 radical (unpaired) electrons. The molecule has 0 atom stereocenters. The molecule has 3 rings (SSSR count). The molecule has 0 N–H and O–H groups in total. The van der Waals surface area contributed by atoms with E-state index in [1.807, 2.05) is 0 Å². The van der Waals surface area contributed by atoms with E-state index in [1.165, 1.54) is 30.5 Å². The van der Waals surface area contributed by atoms with Gasteiger partial charge in [-0.3, -0.25) is 4.98 Å². The van der Waals surface area contributed by atoms with Crippen molar-refractivity contribution >= 4 is 28.2 Å². The summed E-state index contributed by atoms with van der Waals surface area (Å²) >= 11 is 6.69. The first-order chi connectivity index (χ1) is 10.1. The lowest BCUT2D eigenvalue weighted by Gasteiger charge is -2.29. The van der Waals surface area contributed by atoms with Crippen LogP contribution in [0.2, 0.25) is 5.02 Å². The van der Waals surface area contributed by atoms with Gasteiger partial charge >= 0.3 is 0 Å². The van der Waals surface area contributed by atoms with Gasteiger partial charge in [-0.25, -0.2) is 0 Å². The van der Waals surface area contributed by atoms with Crippen LogP contribution < -0.4 is 4.90 Å². The summed E-state index contributed by atoms with van der Waals surface area (Å²) < 4.78 is 0. The molecule has 112 valence electrons. The Morgan fingerprint density at radius 3 is 2.52 bits per heavy atom. The quantitative estimate of drug-likeness (QED) is 0.747. The maximum Gasteiger partial charge on any atom is 0.0721 e. The van der Waals surface area contributed by atoms with E-state index in [0.717, 1.165) is 34.7 Å². The smallest absolute Gasteiger partial charge is 0.0721 e. The molecule has 0 spiro atoms. The first-order valence-corrected chi connectivity index (χ1v) is 8.30. The van der Waals surface area contributed by atoms with Crippen LogP contribution >= 0.6 is 11.6 Å². The monoisotopic (exact) mass is 302 g/mol. The first kappa shape index (κ1) is 14.6. The molecule has 0 unspecified atom stereocenters. The molecule has 21 heavy (non-hydrogen) atoms. The average molecular weight is 303 g/mol. The van der Waals surface area contributed by atoms with E-state index >= 15 is 0 Å². The molecule has 0 amide bonds. The van der Waals surface area contributed by atoms with E-state index in [-0.39, 0.29) is 0 Å². The highest BCUT2D eigenvalue weighted by atomic mass is 35.5. The van der Waals surface area contributed by atoms with Crippen molar-refractivity contribution in [3.8, 4) is 0 Å². The number of anilines is 1. The summed E-state index contributed by atoms with van der Waals surface area (Å²) in [5.74, 6) is 0.396. The summed E-state index contributed by atoms with van der Waals surface area (Å²) in [7, 11) is 0. The molecule has 1 aliphatic rings. The molecule has 2 heterocycles. The average Bonchev–Trinajstić information content (AvgIpc) is 2.47. The van der Waals surface area contributed by atoms with Gasteiger partial charge in [-0.15, -0.1) is 0 Å². The summed E-state index contributed by atoms with van der Waals surface area (Å²) in [5, 5.41) is 1.97. The molecule has 1 aromatic carbocycles. The maximum absolute atomic E-state index is 6.69. The van der Waals surface area contributed by atoms with Gasteiger partial charge in [0, 0.05) is 29.9 Å². The molecule has 2 nitrogen and oxygen atoms in total. The van der Waals surface area contributed by atoms with Crippen LogP contribution in [0, 0.1) is 6.92 Å². The van der Waals surface area contributed by atoms with E-state index in [9.17, 15) is 0 Å². The lowest BCUT2D eigenvalue weighted by Crippen LogP contribution is -2.29. The number of hydrogen-bond donors (Lipinski definition) is 0. The van der Waals surface area contributed by atoms with E-state index in [0.29, 0.717) is 5.92 Å². The topological polar surface area (TPSA) is 16.1 Å². The van der Waals surface area contributed by atoms with Crippen LogP contribution in [0.25, 0.3) is 10.9 Å². The lowest BCUT2D eigenvalue weighted by atomic mass is 9.99. The number of aromatic nitrogens is 1. The minimum absolute atomic E-state index is 0.396. The number of aryl methyl sites for hydroxylation is 1. The zero-order valence-corrected chi connectivity index (χ0v) is 13.9. The van der Waals surface area contributed by atoms with Crippen molar-refractivity contribution in [2.45, 2.75) is 46.0 Å². The van der Waals surface area contributed by atoms with Crippen molar-refractivity contribution in [1.29, 1.82) is 0 Å². The Balaban J connectivity index is 2.11. The summed E-state index contributed by atoms with van der Waals surface area (Å²) in [6, 6.07) is 6.52. The van der Waals surface area contributed by atoms with Gasteiger partial charge in [0.15, 0.2) is 0 Å². The summed E-state index contributed by atoms with van der Waals surface area (Å²) in [6.45, 7) is 8.71. The van der Waals surface area contributed by atoms with Crippen molar-refractivity contribution in [1.82, 2.24) is 4.98 Å². The van der Waals surface area contributed by atoms with Gasteiger partial charge < -0.3 is 4.90 Å². The van der Waals surface area contributed by atoms with E-state index in [2.05, 4.69) is 43.9 Å². The standard InChI is InChI=1S/C18H23ClN2/c1-12(2)17-13(3)20-16-8-7-14(11-15(16)18(17)19)21-9-5-4-6-10-21/h7-8,11-12H,4-6,9-10H2,1-3H3. The van der Waals surface area contributed by atoms with Gasteiger partial charge in [0.25, 0.3) is 0 Å². The Bertz CT molecular complexity index is 658. The van der Waals surface area contributed by atoms with Crippen molar-refractivity contribution in [3.63, 3.8) is 0 Å². The van der Waals surface area contributed by atoms with E-state index in [4.69, 9.17) is 16.6 Å². The molecular formula is C18H23ClN2. The molecule has 1 saturated heterocycles. The minimum Gasteiger partial charge on any atom is -0.372 e. The second-order valence-electron chi connectivity index (χ2n) is 6.33. The normalized spacial score (nSPS) is 16.0. The number of pyridine rings is 1. The van der Waals surface area contributed by atoms with Crippen LogP contribution in [0.3, 0.4) is 0 Å². The molecule has 0 saturated carbocycles. The lowest BCUT2D eigenvalue weighted by molar-refractivity contribution is 0.578. The van der Waals surface area contributed by atoms with Crippen LogP contribution in [-0.2, 0) is 0 Å². The highest BCUT2D eigenvalue weighted by Crippen LogP contribution is 2.35. The summed E-state index contributed by atoms with van der Waals surface area (Å²) in [4.78, 5) is 7.21. The molecule has 0 aliphatic carbocycles. The van der Waals surface area contributed by atoms with Crippen molar-refractivity contribution in [2.24, 2.45) is 0 Å². The predicted molar refractivity (Wildman–Crippen MR) is 91.6 cm³/mol. The number of benzene rings is 1. The zero-order valence-electron chi connectivity index (χ0n) is 13.1. The van der Waals surface area contributed by atoms with Gasteiger partial charge in [0.1, 0.15) is 0 Å². The van der Waals surface area contributed by atoms with Gasteiger partial charge in [-0.2, -0.15) is 0 Å². The Labute approximate surface area is 132 Å². The summed E-state index contributed by atoms with van der Waals surface area (Å²) in [6.07, 6.45) is 3.92. The van der Waals surface area contributed by atoms with Gasteiger partial charge in [-0.1, -0.05) is 25.4 Å². The van der Waals surface area contributed by atoms with Gasteiger partial charge in [0.2, 0.25) is 0 Å². The second-order valence-corrected chi connectivity index (χ2v) is 6.71. The Morgan fingerprint density at radius 1 is 1.14 bits per heavy atom. The van der Waals surface area contributed by atoms with Crippen LogP contribution in [0.1, 0.15) is 50.3 Å². The number of nitrogens with zero attached hydrogens (tertiary/aromatic N) is 2. The molecule has 1 aromatic heterocycles. The van der Waals surface area contributed by atoms with Crippen LogP contribution in [0.15, 0.2) is 18.2 Å². The highest BCUT2D eigenvalue weighted by molar-refractivity contribution is 6.36. The Morgan fingerprint density at radius 2 is 1.86 bits per heavy atom. The van der Waals surface area contributed by atoms with Gasteiger partial charge in [-0.05, 0) is 55.9 Å². The fourth-order valence-electron chi connectivity index (χ4n) is 3.36. The molecule has 3 heteroatoms. The Hall–Kier alpha value is -1.28. The Kier molecular flexibility index (Phi) is 4.08. The second kappa shape index (κ2) is 5.84. The van der Waals surface area contributed by atoms with E-state index < -0.39 is 0 Å².